The molecule has 0 saturated carbocycles. The van der Waals surface area contributed by atoms with Gasteiger partial charge in [0.2, 0.25) is 0 Å². The highest BCUT2D eigenvalue weighted by atomic mass is 16.5. The second-order valence-electron chi connectivity index (χ2n) is 4.02. The fourth-order valence-electron chi connectivity index (χ4n) is 1.88. The molecular weight excluding hydrogens is 184 g/mol. The number of benzene rings is 1. The first kappa shape index (κ1) is 12.3. The number of ether oxygens (including phenoxy) is 1. The Bertz CT molecular complexity index is 243. The third kappa shape index (κ3) is 4.98. The van der Waals surface area contributed by atoms with Gasteiger partial charge in [-0.1, -0.05) is 43.7 Å². The highest BCUT2D eigenvalue weighted by molar-refractivity contribution is 5.14. The smallest absolute Gasteiger partial charge is 0.0571 e. The lowest BCUT2D eigenvalue weighted by atomic mass is 10.0. The van der Waals surface area contributed by atoms with Crippen molar-refractivity contribution in [1.29, 1.82) is 0 Å². The van der Waals surface area contributed by atoms with Crippen molar-refractivity contribution in [3.8, 4) is 0 Å². The number of aryl methyl sites for hydroxylation is 1. The molecule has 0 saturated heterocycles. The van der Waals surface area contributed by atoms with Crippen LogP contribution in [0, 0.1) is 0 Å². The van der Waals surface area contributed by atoms with Crippen molar-refractivity contribution in [2.24, 2.45) is 0 Å². The summed E-state index contributed by atoms with van der Waals surface area (Å²) in [7, 11) is 1.82. The molecule has 0 spiro atoms. The largest absolute Gasteiger partial charge is 0.381 e. The Balaban J connectivity index is 2.20. The third-order valence-corrected chi connectivity index (χ3v) is 2.78. The van der Waals surface area contributed by atoms with Gasteiger partial charge in [-0.25, -0.2) is 0 Å². The zero-order chi connectivity index (χ0) is 10.9. The predicted molar refractivity (Wildman–Crippen MR) is 65.1 cm³/mol. The fraction of sp³-hybridized carbons (Fsp3) is 0.571. The Kier molecular flexibility index (Phi) is 6.10. The van der Waals surface area contributed by atoms with Gasteiger partial charge in [0.1, 0.15) is 0 Å². The summed E-state index contributed by atoms with van der Waals surface area (Å²) in [6.45, 7) is 2.21. The molecule has 0 fully saturated rings. The summed E-state index contributed by atoms with van der Waals surface area (Å²) in [6, 6.07) is 10.7. The highest BCUT2D eigenvalue weighted by Crippen LogP contribution is 2.11. The number of hydrogen-bond acceptors (Lipinski definition) is 1. The summed E-state index contributed by atoms with van der Waals surface area (Å²) in [6.07, 6.45) is 6.43. The summed E-state index contributed by atoms with van der Waals surface area (Å²) >= 11 is 0. The van der Waals surface area contributed by atoms with Gasteiger partial charge in [0.05, 0.1) is 6.10 Å². The molecule has 0 aliphatic carbocycles. The molecule has 84 valence electrons. The van der Waals surface area contributed by atoms with Crippen LogP contribution in [0.1, 0.15) is 38.2 Å². The van der Waals surface area contributed by atoms with Gasteiger partial charge >= 0.3 is 0 Å². The maximum atomic E-state index is 5.43. The number of rotatable bonds is 7. The normalized spacial score (nSPS) is 12.7. The summed E-state index contributed by atoms with van der Waals surface area (Å²) in [5, 5.41) is 0. The van der Waals surface area contributed by atoms with Crippen LogP contribution < -0.4 is 0 Å². The van der Waals surface area contributed by atoms with Gasteiger partial charge in [-0.15, -0.1) is 0 Å². The first-order valence-electron chi connectivity index (χ1n) is 5.93. The standard InChI is InChI=1S/C14H22O/c1-3-8-14(15-2)12-7-11-13-9-5-4-6-10-13/h4-6,9-10,14H,3,7-8,11-12H2,1-2H3. The topological polar surface area (TPSA) is 9.23 Å². The van der Waals surface area contributed by atoms with Crippen LogP contribution in [0.2, 0.25) is 0 Å². The molecule has 1 nitrogen and oxygen atoms in total. The zero-order valence-electron chi connectivity index (χ0n) is 9.91. The van der Waals surface area contributed by atoms with E-state index in [2.05, 4.69) is 37.3 Å². The SMILES string of the molecule is CCCC(CCCc1ccccc1)OC. The minimum absolute atomic E-state index is 0.457. The van der Waals surface area contributed by atoms with E-state index in [1.807, 2.05) is 7.11 Å². The van der Waals surface area contributed by atoms with Gasteiger partial charge in [-0.3, -0.25) is 0 Å². The van der Waals surface area contributed by atoms with Crippen molar-refractivity contribution in [3.05, 3.63) is 35.9 Å². The Morgan fingerprint density at radius 1 is 1.13 bits per heavy atom. The van der Waals surface area contributed by atoms with Crippen molar-refractivity contribution < 1.29 is 4.74 Å². The second-order valence-corrected chi connectivity index (χ2v) is 4.02. The molecule has 15 heavy (non-hydrogen) atoms. The van der Waals surface area contributed by atoms with Crippen LogP contribution in [0.5, 0.6) is 0 Å². The van der Waals surface area contributed by atoms with Crippen LogP contribution in [0.3, 0.4) is 0 Å². The summed E-state index contributed by atoms with van der Waals surface area (Å²) < 4.78 is 5.43. The average molecular weight is 206 g/mol. The summed E-state index contributed by atoms with van der Waals surface area (Å²) in [5.41, 5.74) is 1.43. The van der Waals surface area contributed by atoms with E-state index >= 15 is 0 Å². The monoisotopic (exact) mass is 206 g/mol. The molecule has 0 radical (unpaired) electrons. The van der Waals surface area contributed by atoms with Gasteiger partial charge in [-0.05, 0) is 31.2 Å². The van der Waals surface area contributed by atoms with E-state index in [-0.39, 0.29) is 0 Å². The Morgan fingerprint density at radius 3 is 2.47 bits per heavy atom. The van der Waals surface area contributed by atoms with Crippen LogP contribution in [0.15, 0.2) is 30.3 Å². The van der Waals surface area contributed by atoms with Crippen molar-refractivity contribution >= 4 is 0 Å². The first-order chi connectivity index (χ1) is 7.36. The average Bonchev–Trinajstić information content (AvgIpc) is 2.29. The van der Waals surface area contributed by atoms with Crippen molar-refractivity contribution in [2.75, 3.05) is 7.11 Å². The molecule has 0 aliphatic rings. The Labute approximate surface area is 93.5 Å². The Morgan fingerprint density at radius 2 is 1.87 bits per heavy atom. The van der Waals surface area contributed by atoms with Gasteiger partial charge < -0.3 is 4.74 Å². The van der Waals surface area contributed by atoms with E-state index in [1.165, 1.54) is 37.7 Å². The van der Waals surface area contributed by atoms with Gasteiger partial charge in [0.15, 0.2) is 0 Å². The highest BCUT2D eigenvalue weighted by Gasteiger charge is 2.05. The molecule has 0 amide bonds. The Hall–Kier alpha value is -0.820. The molecule has 0 N–H and O–H groups in total. The zero-order valence-corrected chi connectivity index (χ0v) is 9.91. The quantitative estimate of drug-likeness (QED) is 0.659. The van der Waals surface area contributed by atoms with Crippen molar-refractivity contribution in [2.45, 2.75) is 45.1 Å². The minimum atomic E-state index is 0.457. The molecule has 1 aromatic rings. The van der Waals surface area contributed by atoms with Crippen LogP contribution in [-0.4, -0.2) is 13.2 Å². The minimum Gasteiger partial charge on any atom is -0.381 e. The van der Waals surface area contributed by atoms with Crippen LogP contribution in [0.25, 0.3) is 0 Å². The van der Waals surface area contributed by atoms with Crippen molar-refractivity contribution in [1.82, 2.24) is 0 Å². The molecule has 1 aromatic carbocycles. The van der Waals surface area contributed by atoms with Crippen LogP contribution in [0.4, 0.5) is 0 Å². The van der Waals surface area contributed by atoms with E-state index in [0.29, 0.717) is 6.10 Å². The van der Waals surface area contributed by atoms with Crippen molar-refractivity contribution in [3.63, 3.8) is 0 Å². The van der Waals surface area contributed by atoms with E-state index in [1.54, 1.807) is 0 Å². The molecule has 1 unspecified atom stereocenters. The maximum Gasteiger partial charge on any atom is 0.0571 e. The van der Waals surface area contributed by atoms with Gasteiger partial charge in [0, 0.05) is 7.11 Å². The molecule has 0 heterocycles. The summed E-state index contributed by atoms with van der Waals surface area (Å²) in [5.74, 6) is 0. The van der Waals surface area contributed by atoms with E-state index in [0.717, 1.165) is 0 Å². The predicted octanol–water partition coefficient (Wildman–Crippen LogP) is 3.82. The fourth-order valence-corrected chi connectivity index (χ4v) is 1.88. The van der Waals surface area contributed by atoms with E-state index < -0.39 is 0 Å². The molecule has 1 atom stereocenters. The lowest BCUT2D eigenvalue weighted by Gasteiger charge is -2.13. The van der Waals surface area contributed by atoms with Gasteiger partial charge in [0.25, 0.3) is 0 Å². The molecule has 0 aliphatic heterocycles. The number of methoxy groups -OCH3 is 1. The lowest BCUT2D eigenvalue weighted by Crippen LogP contribution is -2.10. The molecule has 0 bridgehead atoms. The van der Waals surface area contributed by atoms with E-state index in [9.17, 15) is 0 Å². The third-order valence-electron chi connectivity index (χ3n) is 2.78. The summed E-state index contributed by atoms with van der Waals surface area (Å²) in [4.78, 5) is 0. The molecule has 1 heteroatoms. The molecule has 0 aromatic heterocycles. The first-order valence-corrected chi connectivity index (χ1v) is 5.93. The maximum absolute atomic E-state index is 5.43. The van der Waals surface area contributed by atoms with Crippen LogP contribution in [-0.2, 0) is 11.2 Å². The van der Waals surface area contributed by atoms with Gasteiger partial charge in [-0.2, -0.15) is 0 Å². The lowest BCUT2D eigenvalue weighted by molar-refractivity contribution is 0.0857. The van der Waals surface area contributed by atoms with Crippen LogP contribution >= 0.6 is 0 Å². The van der Waals surface area contributed by atoms with E-state index in [4.69, 9.17) is 4.74 Å². The molecule has 1 rings (SSSR count). The second kappa shape index (κ2) is 7.47. The number of hydrogen-bond donors (Lipinski definition) is 0. The molecular formula is C14H22O.